The molecular formula is C16H16N4O2S. The van der Waals surface area contributed by atoms with Gasteiger partial charge in [0.2, 0.25) is 5.13 Å². The molecule has 0 fully saturated rings. The Labute approximate surface area is 136 Å². The van der Waals surface area contributed by atoms with Crippen LogP contribution in [0.25, 0.3) is 10.8 Å². The molecule has 2 heterocycles. The van der Waals surface area contributed by atoms with E-state index in [0.29, 0.717) is 21.7 Å². The van der Waals surface area contributed by atoms with Crippen molar-refractivity contribution in [2.45, 2.75) is 26.2 Å². The van der Waals surface area contributed by atoms with Gasteiger partial charge >= 0.3 is 0 Å². The first kappa shape index (κ1) is 15.4. The molecule has 118 valence electrons. The second-order valence-corrected chi connectivity index (χ2v) is 6.98. The highest BCUT2D eigenvalue weighted by Gasteiger charge is 2.20. The highest BCUT2D eigenvalue weighted by atomic mass is 32.1. The Morgan fingerprint density at radius 3 is 2.70 bits per heavy atom. The van der Waals surface area contributed by atoms with Gasteiger partial charge in [-0.2, -0.15) is 4.37 Å². The number of aromatic amines is 1. The maximum absolute atomic E-state index is 12.3. The Kier molecular flexibility index (Phi) is 3.73. The molecule has 0 spiro atoms. The minimum absolute atomic E-state index is 0.184. The molecule has 0 aliphatic heterocycles. The lowest BCUT2D eigenvalue weighted by molar-refractivity contribution is 0.102. The largest absolute Gasteiger partial charge is 0.317 e. The Morgan fingerprint density at radius 2 is 2.00 bits per heavy atom. The molecule has 0 aliphatic rings. The zero-order valence-electron chi connectivity index (χ0n) is 13.0. The SMILES string of the molecule is CC(C)(C)c1nsc(NC(=O)c2cc3ccccc3c(=O)[nH]2)n1. The maximum Gasteiger partial charge on any atom is 0.274 e. The molecule has 6 nitrogen and oxygen atoms in total. The minimum Gasteiger partial charge on any atom is -0.317 e. The number of amides is 1. The summed E-state index contributed by atoms with van der Waals surface area (Å²) in [7, 11) is 0. The molecule has 7 heteroatoms. The fourth-order valence-electron chi connectivity index (χ4n) is 2.08. The first-order valence-corrected chi connectivity index (χ1v) is 7.89. The van der Waals surface area contributed by atoms with Crippen LogP contribution in [0.5, 0.6) is 0 Å². The number of carbonyl (C=O) groups excluding carboxylic acids is 1. The van der Waals surface area contributed by atoms with Crippen molar-refractivity contribution in [2.75, 3.05) is 5.32 Å². The summed E-state index contributed by atoms with van der Waals surface area (Å²) >= 11 is 1.12. The number of H-pyrrole nitrogens is 1. The fourth-order valence-corrected chi connectivity index (χ4v) is 2.83. The first-order valence-electron chi connectivity index (χ1n) is 7.12. The van der Waals surface area contributed by atoms with Crippen LogP contribution in [0, 0.1) is 0 Å². The number of rotatable bonds is 2. The normalized spacial score (nSPS) is 11.6. The van der Waals surface area contributed by atoms with Crippen molar-refractivity contribution < 1.29 is 4.79 Å². The summed E-state index contributed by atoms with van der Waals surface area (Å²) in [5.74, 6) is 0.259. The third-order valence-corrected chi connectivity index (χ3v) is 3.95. The molecule has 1 amide bonds. The van der Waals surface area contributed by atoms with Crippen LogP contribution in [-0.2, 0) is 5.41 Å². The highest BCUT2D eigenvalue weighted by molar-refractivity contribution is 7.09. The van der Waals surface area contributed by atoms with Gasteiger partial charge in [0.15, 0.2) is 0 Å². The van der Waals surface area contributed by atoms with Crippen LogP contribution in [0.3, 0.4) is 0 Å². The van der Waals surface area contributed by atoms with E-state index in [-0.39, 0.29) is 16.7 Å². The summed E-state index contributed by atoms with van der Waals surface area (Å²) in [5.41, 5.74) is -0.279. The lowest BCUT2D eigenvalue weighted by atomic mass is 9.96. The Balaban J connectivity index is 1.89. The molecular weight excluding hydrogens is 312 g/mol. The molecule has 2 N–H and O–H groups in total. The smallest absolute Gasteiger partial charge is 0.274 e. The number of benzene rings is 1. The van der Waals surface area contributed by atoms with E-state index in [4.69, 9.17) is 0 Å². The molecule has 3 aromatic rings. The van der Waals surface area contributed by atoms with Crippen molar-refractivity contribution >= 4 is 33.3 Å². The van der Waals surface area contributed by atoms with E-state index in [9.17, 15) is 9.59 Å². The summed E-state index contributed by atoms with van der Waals surface area (Å²) < 4.78 is 4.25. The molecule has 0 bridgehead atoms. The zero-order chi connectivity index (χ0) is 16.6. The third-order valence-electron chi connectivity index (χ3n) is 3.32. The molecule has 3 rings (SSSR count). The number of anilines is 1. The van der Waals surface area contributed by atoms with Crippen LogP contribution in [0.4, 0.5) is 5.13 Å². The number of pyridine rings is 1. The van der Waals surface area contributed by atoms with Crippen molar-refractivity contribution in [3.8, 4) is 0 Å². The number of hydrogen-bond acceptors (Lipinski definition) is 5. The summed E-state index contributed by atoms with van der Waals surface area (Å²) in [6.07, 6.45) is 0. The Bertz CT molecular complexity index is 937. The monoisotopic (exact) mass is 328 g/mol. The van der Waals surface area contributed by atoms with Crippen LogP contribution >= 0.6 is 11.5 Å². The predicted molar refractivity (Wildman–Crippen MR) is 91.1 cm³/mol. The van der Waals surface area contributed by atoms with Crippen LogP contribution < -0.4 is 10.9 Å². The second kappa shape index (κ2) is 5.58. The quantitative estimate of drug-likeness (QED) is 0.757. The molecule has 0 aliphatic carbocycles. The molecule has 23 heavy (non-hydrogen) atoms. The Hall–Kier alpha value is -2.54. The van der Waals surface area contributed by atoms with Gasteiger partial charge in [0, 0.05) is 22.3 Å². The van der Waals surface area contributed by atoms with Gasteiger partial charge in [0.25, 0.3) is 11.5 Å². The van der Waals surface area contributed by atoms with Crippen molar-refractivity contribution in [1.29, 1.82) is 0 Å². The van der Waals surface area contributed by atoms with Gasteiger partial charge in [-0.1, -0.05) is 39.0 Å². The van der Waals surface area contributed by atoms with Gasteiger partial charge in [-0.3, -0.25) is 14.9 Å². The molecule has 0 unspecified atom stereocenters. The fraction of sp³-hybridized carbons (Fsp3) is 0.250. The summed E-state index contributed by atoms with van der Waals surface area (Å²) in [6.45, 7) is 6.00. The number of carbonyl (C=O) groups is 1. The van der Waals surface area contributed by atoms with Gasteiger partial charge in [-0.15, -0.1) is 0 Å². The predicted octanol–water partition coefficient (Wildman–Crippen LogP) is 2.93. The standard InChI is InChI=1S/C16H16N4O2S/c1-16(2,3)14-19-15(23-20-14)18-13(22)11-8-9-6-4-5-7-10(9)12(21)17-11/h4-8H,1-3H3,(H,17,21)(H,18,19,20,22). The number of hydrogen-bond donors (Lipinski definition) is 2. The van der Waals surface area contributed by atoms with Crippen LogP contribution in [0.15, 0.2) is 35.1 Å². The van der Waals surface area contributed by atoms with Crippen molar-refractivity contribution in [3.63, 3.8) is 0 Å². The molecule has 2 aromatic heterocycles. The number of nitrogens with zero attached hydrogens (tertiary/aromatic N) is 2. The summed E-state index contributed by atoms with van der Waals surface area (Å²) in [4.78, 5) is 31.3. The van der Waals surface area contributed by atoms with Crippen LogP contribution in [0.1, 0.15) is 37.1 Å². The average Bonchev–Trinajstić information content (AvgIpc) is 2.96. The lowest BCUT2D eigenvalue weighted by Crippen LogP contribution is -2.19. The number of nitrogens with one attached hydrogen (secondary N) is 2. The molecule has 0 saturated carbocycles. The first-order chi connectivity index (χ1) is 10.8. The highest BCUT2D eigenvalue weighted by Crippen LogP contribution is 2.23. The molecule has 0 saturated heterocycles. The van der Waals surface area contributed by atoms with Crippen LogP contribution in [-0.4, -0.2) is 20.2 Å². The summed E-state index contributed by atoms with van der Waals surface area (Å²) in [6, 6.07) is 8.77. The zero-order valence-corrected chi connectivity index (χ0v) is 13.8. The van der Waals surface area contributed by atoms with Crippen molar-refractivity contribution in [1.82, 2.24) is 14.3 Å². The average molecular weight is 328 g/mol. The van der Waals surface area contributed by atoms with E-state index in [1.54, 1.807) is 24.3 Å². The van der Waals surface area contributed by atoms with E-state index in [1.165, 1.54) is 0 Å². The van der Waals surface area contributed by atoms with Crippen molar-refractivity contribution in [2.24, 2.45) is 0 Å². The van der Waals surface area contributed by atoms with Crippen LogP contribution in [0.2, 0.25) is 0 Å². The van der Waals surface area contributed by atoms with E-state index in [2.05, 4.69) is 19.7 Å². The summed E-state index contributed by atoms with van der Waals surface area (Å²) in [5, 5.41) is 4.36. The van der Waals surface area contributed by atoms with Gasteiger partial charge < -0.3 is 4.98 Å². The van der Waals surface area contributed by atoms with E-state index in [0.717, 1.165) is 11.5 Å². The number of fused-ring (bicyclic) bond motifs is 1. The third kappa shape index (κ3) is 3.14. The lowest BCUT2D eigenvalue weighted by Gasteiger charge is -2.12. The second-order valence-electron chi connectivity index (χ2n) is 6.23. The van der Waals surface area contributed by atoms with Crippen molar-refractivity contribution in [3.05, 3.63) is 52.2 Å². The molecule has 1 aromatic carbocycles. The molecule has 0 radical (unpaired) electrons. The minimum atomic E-state index is -0.413. The topological polar surface area (TPSA) is 87.7 Å². The Morgan fingerprint density at radius 1 is 1.26 bits per heavy atom. The van der Waals surface area contributed by atoms with Gasteiger partial charge in [0.1, 0.15) is 11.5 Å². The van der Waals surface area contributed by atoms with E-state index >= 15 is 0 Å². The van der Waals surface area contributed by atoms with Gasteiger partial charge in [0.05, 0.1) is 0 Å². The number of aromatic nitrogens is 3. The van der Waals surface area contributed by atoms with E-state index < -0.39 is 5.91 Å². The maximum atomic E-state index is 12.3. The van der Waals surface area contributed by atoms with E-state index in [1.807, 2.05) is 26.8 Å². The van der Waals surface area contributed by atoms with Gasteiger partial charge in [-0.05, 0) is 17.5 Å². The molecule has 0 atom stereocenters. The van der Waals surface area contributed by atoms with Gasteiger partial charge in [-0.25, -0.2) is 4.98 Å².